The molecule has 0 spiro atoms. The van der Waals surface area contributed by atoms with Crippen LogP contribution in [0.4, 0.5) is 4.39 Å². The Balaban J connectivity index is 1.58. The molecule has 1 aromatic heterocycles. The highest BCUT2D eigenvalue weighted by atomic mass is 19.1. The lowest BCUT2D eigenvalue weighted by molar-refractivity contribution is -0.135. The first-order valence-electron chi connectivity index (χ1n) is 12.1. The van der Waals surface area contributed by atoms with E-state index in [9.17, 15) is 9.18 Å². The Morgan fingerprint density at radius 1 is 1.09 bits per heavy atom. The molecule has 2 heterocycles. The predicted molar refractivity (Wildman–Crippen MR) is 134 cm³/mol. The van der Waals surface area contributed by atoms with Gasteiger partial charge in [0.05, 0.1) is 0 Å². The van der Waals surface area contributed by atoms with Gasteiger partial charge in [0.15, 0.2) is 0 Å². The van der Waals surface area contributed by atoms with E-state index >= 15 is 0 Å². The maximum absolute atomic E-state index is 14.4. The Morgan fingerprint density at radius 2 is 1.85 bits per heavy atom. The van der Waals surface area contributed by atoms with Crippen LogP contribution in [-0.2, 0) is 17.9 Å². The zero-order valence-electron chi connectivity index (χ0n) is 20.3. The summed E-state index contributed by atoms with van der Waals surface area (Å²) >= 11 is 0. The van der Waals surface area contributed by atoms with Crippen molar-refractivity contribution in [2.75, 3.05) is 19.6 Å². The number of likely N-dealkylation sites (tertiary alicyclic amines) is 1. The number of aromatic nitrogens is 1. The van der Waals surface area contributed by atoms with E-state index in [1.807, 2.05) is 49.2 Å². The molecule has 4 rings (SSSR count). The summed E-state index contributed by atoms with van der Waals surface area (Å²) in [6, 6.07) is 19.6. The molecule has 0 radical (unpaired) electrons. The number of carbonyl (C=O) groups is 1. The van der Waals surface area contributed by atoms with E-state index in [-0.39, 0.29) is 29.5 Å². The van der Waals surface area contributed by atoms with Crippen LogP contribution in [0.1, 0.15) is 42.0 Å². The minimum Gasteiger partial charge on any atom is -0.338 e. The fraction of sp³-hybridized carbons (Fsp3) is 0.379. The van der Waals surface area contributed by atoms with Gasteiger partial charge in [-0.15, -0.1) is 0 Å². The van der Waals surface area contributed by atoms with E-state index in [0.717, 1.165) is 24.2 Å². The lowest BCUT2D eigenvalue weighted by Gasteiger charge is -2.30. The molecule has 5 heteroatoms. The van der Waals surface area contributed by atoms with Gasteiger partial charge in [-0.25, -0.2) is 4.39 Å². The molecule has 34 heavy (non-hydrogen) atoms. The van der Waals surface area contributed by atoms with Crippen LogP contribution in [0.15, 0.2) is 73.1 Å². The molecule has 178 valence electrons. The number of hydrogen-bond acceptors (Lipinski definition) is 3. The number of rotatable bonds is 8. The highest BCUT2D eigenvalue weighted by Crippen LogP contribution is 2.35. The van der Waals surface area contributed by atoms with Crippen LogP contribution in [0.3, 0.4) is 0 Å². The lowest BCUT2D eigenvalue weighted by Crippen LogP contribution is -2.39. The number of pyridine rings is 1. The third-order valence-corrected chi connectivity index (χ3v) is 6.73. The average Bonchev–Trinajstić information content (AvgIpc) is 3.23. The molecule has 1 aliphatic rings. The fourth-order valence-corrected chi connectivity index (χ4v) is 4.93. The molecule has 3 aromatic rings. The van der Waals surface area contributed by atoms with E-state index in [1.54, 1.807) is 12.3 Å². The SMILES string of the molecule is Cc1ccc([C@@H]2CN(Cc3ccccc3F)C[C@H]2CN(Cc2cccnc2)C(=O)C(C)C)cc1. The molecule has 1 amide bonds. The first-order chi connectivity index (χ1) is 16.4. The second-order valence-electron chi connectivity index (χ2n) is 9.80. The Kier molecular flexibility index (Phi) is 7.73. The summed E-state index contributed by atoms with van der Waals surface area (Å²) in [5.74, 6) is 0.452. The van der Waals surface area contributed by atoms with Gasteiger partial charge in [0.2, 0.25) is 5.91 Å². The van der Waals surface area contributed by atoms with E-state index in [2.05, 4.69) is 41.1 Å². The molecule has 2 atom stereocenters. The van der Waals surface area contributed by atoms with Crippen molar-refractivity contribution in [3.8, 4) is 0 Å². The van der Waals surface area contributed by atoms with Crippen LogP contribution >= 0.6 is 0 Å². The smallest absolute Gasteiger partial charge is 0.225 e. The van der Waals surface area contributed by atoms with Gasteiger partial charge < -0.3 is 4.90 Å². The van der Waals surface area contributed by atoms with Gasteiger partial charge in [0.1, 0.15) is 5.82 Å². The van der Waals surface area contributed by atoms with Crippen molar-refractivity contribution in [2.24, 2.45) is 11.8 Å². The van der Waals surface area contributed by atoms with Crippen molar-refractivity contribution in [1.82, 2.24) is 14.8 Å². The van der Waals surface area contributed by atoms with Crippen molar-refractivity contribution in [3.05, 3.63) is 101 Å². The summed E-state index contributed by atoms with van der Waals surface area (Å²) in [5, 5.41) is 0. The molecule has 0 unspecified atom stereocenters. The topological polar surface area (TPSA) is 36.4 Å². The number of aryl methyl sites for hydroxylation is 1. The van der Waals surface area contributed by atoms with Gasteiger partial charge in [0.25, 0.3) is 0 Å². The maximum Gasteiger partial charge on any atom is 0.225 e. The van der Waals surface area contributed by atoms with Gasteiger partial charge in [-0.1, -0.05) is 67.9 Å². The predicted octanol–water partition coefficient (Wildman–Crippen LogP) is 5.43. The number of hydrogen-bond donors (Lipinski definition) is 0. The van der Waals surface area contributed by atoms with E-state index < -0.39 is 0 Å². The third kappa shape index (κ3) is 5.89. The number of benzene rings is 2. The summed E-state index contributed by atoms with van der Waals surface area (Å²) in [6.07, 6.45) is 3.58. The lowest BCUT2D eigenvalue weighted by atomic mass is 9.88. The van der Waals surface area contributed by atoms with Gasteiger partial charge in [-0.3, -0.25) is 14.7 Å². The highest BCUT2D eigenvalue weighted by molar-refractivity contribution is 5.78. The summed E-state index contributed by atoms with van der Waals surface area (Å²) < 4.78 is 14.4. The van der Waals surface area contributed by atoms with Gasteiger partial charge in [-0.05, 0) is 36.1 Å². The van der Waals surface area contributed by atoms with Crippen LogP contribution in [0.5, 0.6) is 0 Å². The summed E-state index contributed by atoms with van der Waals surface area (Å²) in [7, 11) is 0. The van der Waals surface area contributed by atoms with Crippen LogP contribution in [0, 0.1) is 24.6 Å². The van der Waals surface area contributed by atoms with Crippen molar-refractivity contribution in [2.45, 2.75) is 39.8 Å². The maximum atomic E-state index is 14.4. The number of carbonyl (C=O) groups excluding carboxylic acids is 1. The Hall–Kier alpha value is -3.05. The molecule has 1 saturated heterocycles. The number of amides is 1. The van der Waals surface area contributed by atoms with E-state index in [4.69, 9.17) is 0 Å². The normalized spacial score (nSPS) is 18.4. The van der Waals surface area contributed by atoms with Crippen molar-refractivity contribution in [1.29, 1.82) is 0 Å². The molecule has 1 aliphatic heterocycles. The van der Waals surface area contributed by atoms with Crippen LogP contribution < -0.4 is 0 Å². The summed E-state index contributed by atoms with van der Waals surface area (Å²) in [6.45, 7) is 9.46. The van der Waals surface area contributed by atoms with Gasteiger partial charge >= 0.3 is 0 Å². The Labute approximate surface area is 202 Å². The third-order valence-electron chi connectivity index (χ3n) is 6.73. The molecule has 0 N–H and O–H groups in total. The molecular formula is C29H34FN3O. The molecular weight excluding hydrogens is 425 g/mol. The zero-order valence-corrected chi connectivity index (χ0v) is 20.3. The second kappa shape index (κ2) is 10.9. The summed E-state index contributed by atoms with van der Waals surface area (Å²) in [5.41, 5.74) is 4.26. The molecule has 1 fully saturated rings. The Bertz CT molecular complexity index is 1080. The standard InChI is InChI=1S/C29H34FN3O/c1-21(2)29(34)33(16-23-7-6-14-31-15-23)19-26-18-32(17-25-8-4-5-9-28(25)30)20-27(26)24-12-10-22(3)11-13-24/h4-15,21,26-27H,16-20H2,1-3H3/t26-,27-/m0/s1. The largest absolute Gasteiger partial charge is 0.338 e. The molecule has 0 saturated carbocycles. The van der Waals surface area contributed by atoms with Crippen molar-refractivity contribution in [3.63, 3.8) is 0 Å². The van der Waals surface area contributed by atoms with Crippen molar-refractivity contribution >= 4 is 5.91 Å². The van der Waals surface area contributed by atoms with E-state index in [1.165, 1.54) is 17.2 Å². The number of nitrogens with zero attached hydrogens (tertiary/aromatic N) is 3. The molecule has 0 aliphatic carbocycles. The van der Waals surface area contributed by atoms with E-state index in [0.29, 0.717) is 19.6 Å². The first kappa shape index (κ1) is 24.1. The van der Waals surface area contributed by atoms with Crippen LogP contribution in [0.25, 0.3) is 0 Å². The second-order valence-corrected chi connectivity index (χ2v) is 9.80. The van der Waals surface area contributed by atoms with Crippen molar-refractivity contribution < 1.29 is 9.18 Å². The van der Waals surface area contributed by atoms with Gasteiger partial charge in [-0.2, -0.15) is 0 Å². The molecule has 2 aromatic carbocycles. The quantitative estimate of drug-likeness (QED) is 0.451. The van der Waals surface area contributed by atoms with Crippen LogP contribution in [0.2, 0.25) is 0 Å². The van der Waals surface area contributed by atoms with Crippen LogP contribution in [-0.4, -0.2) is 40.3 Å². The monoisotopic (exact) mass is 459 g/mol. The minimum absolute atomic E-state index is 0.0783. The first-order valence-corrected chi connectivity index (χ1v) is 12.1. The van der Waals surface area contributed by atoms with Gasteiger partial charge in [0, 0.05) is 62.5 Å². The molecule has 0 bridgehead atoms. The zero-order chi connectivity index (χ0) is 24.1. The fourth-order valence-electron chi connectivity index (χ4n) is 4.93. The number of halogens is 1. The molecule has 4 nitrogen and oxygen atoms in total. The minimum atomic E-state index is -0.161. The summed E-state index contributed by atoms with van der Waals surface area (Å²) in [4.78, 5) is 21.7. The highest BCUT2D eigenvalue weighted by Gasteiger charge is 2.36. The Morgan fingerprint density at radius 3 is 2.53 bits per heavy atom. The average molecular weight is 460 g/mol.